The normalized spacial score (nSPS) is 16.5. The van der Waals surface area contributed by atoms with Gasteiger partial charge in [-0.2, -0.15) is 0 Å². The number of nitrogens with zero attached hydrogens (tertiary/aromatic N) is 2. The highest BCUT2D eigenvalue weighted by Gasteiger charge is 2.17. The number of likely N-dealkylation sites (N-methyl/N-ethyl adjacent to an activating group) is 1. The molecule has 1 aromatic heterocycles. The minimum Gasteiger partial charge on any atom is -0.368 e. The van der Waals surface area contributed by atoms with Crippen LogP contribution >= 0.6 is 0 Å². The van der Waals surface area contributed by atoms with Crippen molar-refractivity contribution in [1.29, 1.82) is 0 Å². The lowest BCUT2D eigenvalue weighted by molar-refractivity contribution is -0.125. The number of piperidine rings is 1. The number of aromatic nitrogens is 1. The van der Waals surface area contributed by atoms with Gasteiger partial charge in [-0.25, -0.2) is 4.98 Å². The van der Waals surface area contributed by atoms with E-state index in [-0.39, 0.29) is 18.6 Å². The molecule has 5 nitrogen and oxygen atoms in total. The summed E-state index contributed by atoms with van der Waals surface area (Å²) in [6.07, 6.45) is 3.82. The Morgan fingerprint density at radius 2 is 2.28 bits per heavy atom. The third-order valence-corrected chi connectivity index (χ3v) is 3.10. The molecule has 0 radical (unpaired) electrons. The Morgan fingerprint density at radius 3 is 2.94 bits per heavy atom. The number of pyridine rings is 1. The van der Waals surface area contributed by atoms with Gasteiger partial charge in [0, 0.05) is 13.2 Å². The minimum absolute atomic E-state index is 0.0627. The van der Waals surface area contributed by atoms with Crippen molar-refractivity contribution >= 4 is 11.7 Å². The second-order valence-electron chi connectivity index (χ2n) is 4.40. The van der Waals surface area contributed by atoms with Gasteiger partial charge in [-0.1, -0.05) is 6.07 Å². The van der Waals surface area contributed by atoms with Crippen LogP contribution in [0.1, 0.15) is 12.8 Å². The van der Waals surface area contributed by atoms with Gasteiger partial charge in [-0.3, -0.25) is 9.69 Å². The molecule has 1 aliphatic rings. The van der Waals surface area contributed by atoms with Crippen molar-refractivity contribution in [2.75, 3.05) is 31.6 Å². The topological polar surface area (TPSA) is 54.5 Å². The van der Waals surface area contributed by atoms with E-state index in [0.717, 1.165) is 25.9 Å². The predicted octanol–water partition coefficient (Wildman–Crippen LogP) is 0.813. The molecule has 1 aromatic rings. The highest BCUT2D eigenvalue weighted by molar-refractivity contribution is 5.92. The Labute approximate surface area is 107 Å². The summed E-state index contributed by atoms with van der Waals surface area (Å²) in [5.74, 6) is 0.587. The quantitative estimate of drug-likeness (QED) is 0.858. The first-order valence-corrected chi connectivity index (χ1v) is 6.27. The van der Waals surface area contributed by atoms with Crippen LogP contribution in [0.25, 0.3) is 0 Å². The number of hydrogen-bond donors (Lipinski definition) is 1. The van der Waals surface area contributed by atoms with E-state index in [2.05, 4.69) is 10.3 Å². The summed E-state index contributed by atoms with van der Waals surface area (Å²) in [5.41, 5.74) is 0. The molecule has 2 rings (SSSR count). The number of carbonyl (C=O) groups is 1. The molecular formula is C13H19N3O2. The van der Waals surface area contributed by atoms with Crippen molar-refractivity contribution in [1.82, 2.24) is 10.3 Å². The molecule has 1 amide bonds. The summed E-state index contributed by atoms with van der Waals surface area (Å²) in [6, 6.07) is 5.50. The van der Waals surface area contributed by atoms with Crippen LogP contribution in [0.4, 0.5) is 5.82 Å². The standard InChI is InChI=1S/C13H19N3O2/c1-16(12-4-2-3-7-15-12)13(17)10-18-11-5-8-14-9-6-11/h2-4,7,11,14H,5-6,8-10H2,1H3. The van der Waals surface area contributed by atoms with Gasteiger partial charge in [-0.15, -0.1) is 0 Å². The number of anilines is 1. The van der Waals surface area contributed by atoms with Gasteiger partial charge in [-0.05, 0) is 38.1 Å². The third-order valence-electron chi connectivity index (χ3n) is 3.10. The predicted molar refractivity (Wildman–Crippen MR) is 69.5 cm³/mol. The van der Waals surface area contributed by atoms with E-state index < -0.39 is 0 Å². The Bertz CT molecular complexity index is 377. The minimum atomic E-state index is -0.0627. The average Bonchev–Trinajstić information content (AvgIpc) is 2.46. The second-order valence-corrected chi connectivity index (χ2v) is 4.40. The number of ether oxygens (including phenoxy) is 1. The van der Waals surface area contributed by atoms with Crippen molar-refractivity contribution in [2.24, 2.45) is 0 Å². The van der Waals surface area contributed by atoms with Crippen molar-refractivity contribution in [3.8, 4) is 0 Å². The molecule has 18 heavy (non-hydrogen) atoms. The lowest BCUT2D eigenvalue weighted by Gasteiger charge is -2.24. The molecule has 0 aromatic carbocycles. The largest absolute Gasteiger partial charge is 0.368 e. The summed E-state index contributed by atoms with van der Waals surface area (Å²) in [7, 11) is 1.72. The number of nitrogens with one attached hydrogen (secondary N) is 1. The van der Waals surface area contributed by atoms with E-state index in [4.69, 9.17) is 4.74 Å². The van der Waals surface area contributed by atoms with Gasteiger partial charge < -0.3 is 10.1 Å². The van der Waals surface area contributed by atoms with Crippen LogP contribution < -0.4 is 10.2 Å². The number of hydrogen-bond acceptors (Lipinski definition) is 4. The molecule has 0 bridgehead atoms. The van der Waals surface area contributed by atoms with Gasteiger partial charge in [0.1, 0.15) is 12.4 Å². The first kappa shape index (κ1) is 13.0. The van der Waals surface area contributed by atoms with Crippen molar-refractivity contribution in [3.63, 3.8) is 0 Å². The Kier molecular flexibility index (Phi) is 4.66. The fourth-order valence-electron chi connectivity index (χ4n) is 1.93. The van der Waals surface area contributed by atoms with Crippen LogP contribution in [0, 0.1) is 0 Å². The van der Waals surface area contributed by atoms with E-state index in [1.807, 2.05) is 18.2 Å². The van der Waals surface area contributed by atoms with Gasteiger partial charge in [0.2, 0.25) is 0 Å². The third kappa shape index (κ3) is 3.51. The summed E-state index contributed by atoms with van der Waals surface area (Å²) in [6.45, 7) is 2.06. The smallest absolute Gasteiger partial charge is 0.253 e. The molecule has 1 aliphatic heterocycles. The van der Waals surface area contributed by atoms with Crippen LogP contribution in [-0.4, -0.2) is 43.7 Å². The van der Waals surface area contributed by atoms with E-state index in [1.165, 1.54) is 4.90 Å². The van der Waals surface area contributed by atoms with Crippen LogP contribution in [0.15, 0.2) is 24.4 Å². The van der Waals surface area contributed by atoms with Crippen LogP contribution in [0.2, 0.25) is 0 Å². The lowest BCUT2D eigenvalue weighted by atomic mass is 10.1. The molecule has 0 unspecified atom stereocenters. The average molecular weight is 249 g/mol. The molecule has 0 aliphatic carbocycles. The van der Waals surface area contributed by atoms with Gasteiger partial charge in [0.05, 0.1) is 6.10 Å². The molecule has 0 atom stereocenters. The number of amides is 1. The van der Waals surface area contributed by atoms with Crippen LogP contribution in [0.5, 0.6) is 0 Å². The Balaban J connectivity index is 1.80. The Morgan fingerprint density at radius 1 is 1.50 bits per heavy atom. The molecule has 1 fully saturated rings. The van der Waals surface area contributed by atoms with E-state index in [9.17, 15) is 4.79 Å². The molecule has 1 saturated heterocycles. The number of carbonyl (C=O) groups excluding carboxylic acids is 1. The molecule has 98 valence electrons. The lowest BCUT2D eigenvalue weighted by Crippen LogP contribution is -2.36. The Hall–Kier alpha value is -1.46. The highest BCUT2D eigenvalue weighted by atomic mass is 16.5. The molecule has 0 spiro atoms. The number of rotatable bonds is 4. The molecule has 2 heterocycles. The van der Waals surface area contributed by atoms with Gasteiger partial charge in [0.15, 0.2) is 0 Å². The highest BCUT2D eigenvalue weighted by Crippen LogP contribution is 2.10. The fourth-order valence-corrected chi connectivity index (χ4v) is 1.93. The molecular weight excluding hydrogens is 230 g/mol. The fraction of sp³-hybridized carbons (Fsp3) is 0.538. The zero-order valence-electron chi connectivity index (χ0n) is 10.6. The maximum absolute atomic E-state index is 11.9. The maximum atomic E-state index is 11.9. The SMILES string of the molecule is CN(C(=O)COC1CCNCC1)c1ccccn1. The van der Waals surface area contributed by atoms with Crippen LogP contribution in [-0.2, 0) is 9.53 Å². The summed E-state index contributed by atoms with van der Waals surface area (Å²) in [4.78, 5) is 17.6. The zero-order valence-corrected chi connectivity index (χ0v) is 10.6. The van der Waals surface area contributed by atoms with Crippen molar-refractivity contribution < 1.29 is 9.53 Å². The molecule has 1 N–H and O–H groups in total. The van der Waals surface area contributed by atoms with E-state index in [1.54, 1.807) is 13.2 Å². The van der Waals surface area contributed by atoms with Crippen molar-refractivity contribution in [2.45, 2.75) is 18.9 Å². The first-order valence-electron chi connectivity index (χ1n) is 6.27. The van der Waals surface area contributed by atoms with Crippen molar-refractivity contribution in [3.05, 3.63) is 24.4 Å². The van der Waals surface area contributed by atoms with Gasteiger partial charge >= 0.3 is 0 Å². The van der Waals surface area contributed by atoms with Crippen LogP contribution in [0.3, 0.4) is 0 Å². The molecule has 5 heteroatoms. The summed E-state index contributed by atoms with van der Waals surface area (Å²) in [5, 5.41) is 3.27. The molecule has 0 saturated carbocycles. The maximum Gasteiger partial charge on any atom is 0.253 e. The summed E-state index contributed by atoms with van der Waals surface area (Å²) >= 11 is 0. The second kappa shape index (κ2) is 6.47. The van der Waals surface area contributed by atoms with Gasteiger partial charge in [0.25, 0.3) is 5.91 Å². The monoisotopic (exact) mass is 249 g/mol. The first-order chi connectivity index (χ1) is 8.77. The van der Waals surface area contributed by atoms with E-state index >= 15 is 0 Å². The zero-order chi connectivity index (χ0) is 12.8. The summed E-state index contributed by atoms with van der Waals surface area (Å²) < 4.78 is 5.63. The van der Waals surface area contributed by atoms with E-state index in [0.29, 0.717) is 5.82 Å².